The molecule has 3 aromatic rings. The standard InChI is InChI=1S/C20H20N2S2/c1-16-7-5-10-18(13-16)21-20(23)22(15-19-11-6-12-24-19)14-17-8-3-2-4-9-17/h2-13H,14-15H2,1H3,(H,21,23). The van der Waals surface area contributed by atoms with E-state index in [0.717, 1.165) is 23.9 Å². The van der Waals surface area contributed by atoms with E-state index in [1.807, 2.05) is 18.2 Å². The molecule has 0 spiro atoms. The Balaban J connectivity index is 1.76. The molecule has 1 aromatic heterocycles. The lowest BCUT2D eigenvalue weighted by Gasteiger charge is -2.25. The first-order chi connectivity index (χ1) is 11.7. The second-order valence-corrected chi connectivity index (χ2v) is 7.14. The maximum atomic E-state index is 5.69. The molecule has 0 aliphatic heterocycles. The van der Waals surface area contributed by atoms with Crippen LogP contribution in [0.2, 0.25) is 0 Å². The molecule has 0 unspecified atom stereocenters. The van der Waals surface area contributed by atoms with Crippen LogP contribution >= 0.6 is 23.6 Å². The normalized spacial score (nSPS) is 10.4. The molecular weight excluding hydrogens is 332 g/mol. The summed E-state index contributed by atoms with van der Waals surface area (Å²) in [5.74, 6) is 0. The fourth-order valence-corrected chi connectivity index (χ4v) is 3.49. The average Bonchev–Trinajstić information content (AvgIpc) is 3.08. The van der Waals surface area contributed by atoms with Crippen molar-refractivity contribution in [2.75, 3.05) is 5.32 Å². The summed E-state index contributed by atoms with van der Waals surface area (Å²) in [6.07, 6.45) is 0. The Morgan fingerprint density at radius 3 is 2.54 bits per heavy atom. The molecule has 0 atom stereocenters. The molecule has 1 heterocycles. The van der Waals surface area contributed by atoms with E-state index in [4.69, 9.17) is 12.2 Å². The van der Waals surface area contributed by atoms with Crippen LogP contribution in [0.4, 0.5) is 5.69 Å². The van der Waals surface area contributed by atoms with Gasteiger partial charge in [0.25, 0.3) is 0 Å². The van der Waals surface area contributed by atoms with E-state index in [1.165, 1.54) is 16.0 Å². The Hall–Kier alpha value is -2.17. The maximum Gasteiger partial charge on any atom is 0.174 e. The van der Waals surface area contributed by atoms with Gasteiger partial charge in [0.05, 0.1) is 6.54 Å². The summed E-state index contributed by atoms with van der Waals surface area (Å²) in [6.45, 7) is 3.68. The van der Waals surface area contributed by atoms with Crippen molar-refractivity contribution < 1.29 is 0 Å². The van der Waals surface area contributed by atoms with Gasteiger partial charge in [0.15, 0.2) is 5.11 Å². The molecule has 3 rings (SSSR count). The summed E-state index contributed by atoms with van der Waals surface area (Å²) in [5.41, 5.74) is 3.50. The summed E-state index contributed by atoms with van der Waals surface area (Å²) in [7, 11) is 0. The molecule has 0 aliphatic carbocycles. The Bertz CT molecular complexity index is 782. The summed E-state index contributed by atoms with van der Waals surface area (Å²) >= 11 is 7.45. The van der Waals surface area contributed by atoms with Crippen molar-refractivity contribution in [1.29, 1.82) is 0 Å². The molecule has 122 valence electrons. The van der Waals surface area contributed by atoms with Crippen molar-refractivity contribution >= 4 is 34.4 Å². The third-order valence-corrected chi connectivity index (χ3v) is 4.92. The molecule has 0 radical (unpaired) electrons. The van der Waals surface area contributed by atoms with Gasteiger partial charge in [-0.15, -0.1) is 11.3 Å². The van der Waals surface area contributed by atoms with Crippen LogP contribution in [-0.2, 0) is 13.1 Å². The van der Waals surface area contributed by atoms with Gasteiger partial charge in [-0.1, -0.05) is 48.5 Å². The summed E-state index contributed by atoms with van der Waals surface area (Å²) in [5, 5.41) is 6.23. The predicted octanol–water partition coefficient (Wildman–Crippen LogP) is 5.46. The Morgan fingerprint density at radius 2 is 1.83 bits per heavy atom. The van der Waals surface area contributed by atoms with Gasteiger partial charge in [0.2, 0.25) is 0 Å². The van der Waals surface area contributed by atoms with Gasteiger partial charge in [-0.3, -0.25) is 0 Å². The molecule has 4 heteroatoms. The molecule has 0 aliphatic rings. The molecule has 0 saturated heterocycles. The number of thiophene rings is 1. The molecule has 24 heavy (non-hydrogen) atoms. The number of hydrogen-bond donors (Lipinski definition) is 1. The number of hydrogen-bond acceptors (Lipinski definition) is 2. The highest BCUT2D eigenvalue weighted by atomic mass is 32.1. The molecule has 2 nitrogen and oxygen atoms in total. The van der Waals surface area contributed by atoms with Crippen molar-refractivity contribution in [3.63, 3.8) is 0 Å². The van der Waals surface area contributed by atoms with Crippen LogP contribution in [0.25, 0.3) is 0 Å². The van der Waals surface area contributed by atoms with Gasteiger partial charge < -0.3 is 10.2 Å². The summed E-state index contributed by atoms with van der Waals surface area (Å²) in [4.78, 5) is 3.51. The topological polar surface area (TPSA) is 15.3 Å². The zero-order valence-electron chi connectivity index (χ0n) is 13.6. The van der Waals surface area contributed by atoms with E-state index in [0.29, 0.717) is 0 Å². The van der Waals surface area contributed by atoms with Crippen LogP contribution in [0.1, 0.15) is 16.0 Å². The molecule has 1 N–H and O–H groups in total. The maximum absolute atomic E-state index is 5.69. The van der Waals surface area contributed by atoms with E-state index in [9.17, 15) is 0 Å². The monoisotopic (exact) mass is 352 g/mol. The number of nitrogens with one attached hydrogen (secondary N) is 1. The van der Waals surface area contributed by atoms with Crippen LogP contribution in [-0.4, -0.2) is 10.0 Å². The lowest BCUT2D eigenvalue weighted by atomic mass is 10.2. The van der Waals surface area contributed by atoms with Crippen molar-refractivity contribution in [2.45, 2.75) is 20.0 Å². The molecule has 0 amide bonds. The first-order valence-electron chi connectivity index (χ1n) is 7.89. The van der Waals surface area contributed by atoms with Gasteiger partial charge >= 0.3 is 0 Å². The van der Waals surface area contributed by atoms with Crippen LogP contribution < -0.4 is 5.32 Å². The Labute approximate surface area is 152 Å². The first kappa shape index (κ1) is 16.7. The van der Waals surface area contributed by atoms with Crippen LogP contribution in [0.15, 0.2) is 72.1 Å². The van der Waals surface area contributed by atoms with Crippen LogP contribution in [0.5, 0.6) is 0 Å². The number of thiocarbonyl (C=S) groups is 1. The number of rotatable bonds is 5. The second kappa shape index (κ2) is 8.08. The SMILES string of the molecule is Cc1cccc(NC(=S)N(Cc2ccccc2)Cc2cccs2)c1. The Kier molecular flexibility index (Phi) is 5.62. The third-order valence-electron chi connectivity index (χ3n) is 3.70. The van der Waals surface area contributed by atoms with Crippen molar-refractivity contribution in [3.8, 4) is 0 Å². The minimum absolute atomic E-state index is 0.748. The van der Waals surface area contributed by atoms with Gasteiger partial charge in [0.1, 0.15) is 0 Å². The number of anilines is 1. The smallest absolute Gasteiger partial charge is 0.174 e. The molecule has 0 saturated carbocycles. The minimum Gasteiger partial charge on any atom is -0.340 e. The quantitative estimate of drug-likeness (QED) is 0.614. The highest BCUT2D eigenvalue weighted by molar-refractivity contribution is 7.80. The number of aryl methyl sites for hydroxylation is 1. The lowest BCUT2D eigenvalue weighted by molar-refractivity contribution is 0.416. The zero-order chi connectivity index (χ0) is 16.8. The van der Waals surface area contributed by atoms with Crippen molar-refractivity contribution in [3.05, 3.63) is 88.1 Å². The van der Waals surface area contributed by atoms with Crippen molar-refractivity contribution in [1.82, 2.24) is 4.90 Å². The molecule has 0 fully saturated rings. The minimum atomic E-state index is 0.748. The number of benzene rings is 2. The van der Waals surface area contributed by atoms with E-state index >= 15 is 0 Å². The van der Waals surface area contributed by atoms with E-state index in [2.05, 4.69) is 71.1 Å². The largest absolute Gasteiger partial charge is 0.340 e. The molecular formula is C20H20N2S2. The lowest BCUT2D eigenvalue weighted by Crippen LogP contribution is -2.33. The van der Waals surface area contributed by atoms with Gasteiger partial charge in [-0.25, -0.2) is 0 Å². The fourth-order valence-electron chi connectivity index (χ4n) is 2.52. The highest BCUT2D eigenvalue weighted by Gasteiger charge is 2.12. The fraction of sp³-hybridized carbons (Fsp3) is 0.150. The third kappa shape index (κ3) is 4.66. The van der Waals surface area contributed by atoms with Gasteiger partial charge in [-0.2, -0.15) is 0 Å². The van der Waals surface area contributed by atoms with E-state index < -0.39 is 0 Å². The van der Waals surface area contributed by atoms with E-state index in [-0.39, 0.29) is 0 Å². The van der Waals surface area contributed by atoms with Crippen molar-refractivity contribution in [2.24, 2.45) is 0 Å². The van der Waals surface area contributed by atoms with Crippen LogP contribution in [0, 0.1) is 6.92 Å². The van der Waals surface area contributed by atoms with Crippen LogP contribution in [0.3, 0.4) is 0 Å². The summed E-state index contributed by atoms with van der Waals surface area (Å²) < 4.78 is 0. The second-order valence-electron chi connectivity index (χ2n) is 5.72. The molecule has 2 aromatic carbocycles. The average molecular weight is 353 g/mol. The van der Waals surface area contributed by atoms with Gasteiger partial charge in [-0.05, 0) is 53.8 Å². The predicted molar refractivity (Wildman–Crippen MR) is 107 cm³/mol. The molecule has 0 bridgehead atoms. The van der Waals surface area contributed by atoms with E-state index in [1.54, 1.807) is 11.3 Å². The van der Waals surface area contributed by atoms with Gasteiger partial charge in [0, 0.05) is 17.1 Å². The number of nitrogens with zero attached hydrogens (tertiary/aromatic N) is 1. The zero-order valence-corrected chi connectivity index (χ0v) is 15.2. The summed E-state index contributed by atoms with van der Waals surface area (Å²) in [6, 6.07) is 23.0. The first-order valence-corrected chi connectivity index (χ1v) is 9.18. The highest BCUT2D eigenvalue weighted by Crippen LogP contribution is 2.17. The Morgan fingerprint density at radius 1 is 1.00 bits per heavy atom.